The first kappa shape index (κ1) is 13.0. The van der Waals surface area contributed by atoms with Gasteiger partial charge in [0.2, 0.25) is 0 Å². The summed E-state index contributed by atoms with van der Waals surface area (Å²) in [6.45, 7) is 7.08. The normalized spacial score (nSPS) is 31.9. The van der Waals surface area contributed by atoms with Crippen LogP contribution in [0.15, 0.2) is 4.99 Å². The molecule has 0 amide bonds. The maximum Gasteiger partial charge on any atom is 0.191 e. The van der Waals surface area contributed by atoms with Crippen LogP contribution in [0.1, 0.15) is 20.3 Å². The number of guanidine groups is 1. The number of hydrogen-bond donors (Lipinski definition) is 1. The van der Waals surface area contributed by atoms with Crippen molar-refractivity contribution in [3.05, 3.63) is 0 Å². The van der Waals surface area contributed by atoms with Gasteiger partial charge in [-0.3, -0.25) is 4.99 Å². The molecule has 1 saturated heterocycles. The molecule has 5 heteroatoms. The highest BCUT2D eigenvalue weighted by Gasteiger charge is 2.47. The average molecular weight is 257 g/mol. The Bertz CT molecular complexity index is 319. The standard InChI is InChI=1S/C12H23N3OS/c1-11(2)6-12(9-17-8-11)7-14-10(13)15(12)4-5-16-3/h4-9H2,1-3H3,(H2,13,14). The first-order chi connectivity index (χ1) is 7.99. The molecule has 0 bridgehead atoms. The highest BCUT2D eigenvalue weighted by molar-refractivity contribution is 7.99. The number of hydrogen-bond acceptors (Lipinski definition) is 5. The molecule has 2 rings (SSSR count). The number of aliphatic imine (C=N–C) groups is 1. The summed E-state index contributed by atoms with van der Waals surface area (Å²) in [5, 5.41) is 0. The van der Waals surface area contributed by atoms with E-state index in [4.69, 9.17) is 10.5 Å². The highest BCUT2D eigenvalue weighted by atomic mass is 32.2. The molecule has 2 aliphatic heterocycles. The van der Waals surface area contributed by atoms with Gasteiger partial charge in [-0.05, 0) is 17.6 Å². The molecule has 17 heavy (non-hydrogen) atoms. The van der Waals surface area contributed by atoms with Gasteiger partial charge in [0, 0.05) is 19.4 Å². The Labute approximate surface area is 108 Å². The van der Waals surface area contributed by atoms with E-state index in [1.54, 1.807) is 7.11 Å². The summed E-state index contributed by atoms with van der Waals surface area (Å²) >= 11 is 2.03. The van der Waals surface area contributed by atoms with E-state index in [9.17, 15) is 0 Å². The van der Waals surface area contributed by atoms with Gasteiger partial charge in [0.05, 0.1) is 18.7 Å². The van der Waals surface area contributed by atoms with Crippen molar-refractivity contribution in [2.75, 3.05) is 38.3 Å². The Morgan fingerprint density at radius 1 is 1.47 bits per heavy atom. The van der Waals surface area contributed by atoms with Gasteiger partial charge in [-0.1, -0.05) is 13.8 Å². The molecule has 0 saturated carbocycles. The zero-order valence-corrected chi connectivity index (χ0v) is 11.8. The molecule has 4 nitrogen and oxygen atoms in total. The van der Waals surface area contributed by atoms with Crippen LogP contribution < -0.4 is 5.73 Å². The summed E-state index contributed by atoms with van der Waals surface area (Å²) in [5.74, 6) is 3.05. The summed E-state index contributed by atoms with van der Waals surface area (Å²) < 4.78 is 5.18. The van der Waals surface area contributed by atoms with Crippen LogP contribution in [0.2, 0.25) is 0 Å². The van der Waals surface area contributed by atoms with Gasteiger partial charge in [0.25, 0.3) is 0 Å². The van der Waals surface area contributed by atoms with Gasteiger partial charge >= 0.3 is 0 Å². The van der Waals surface area contributed by atoms with Crippen molar-refractivity contribution in [1.29, 1.82) is 0 Å². The Balaban J connectivity index is 2.13. The minimum atomic E-state index is 0.134. The van der Waals surface area contributed by atoms with Crippen LogP contribution in [0.25, 0.3) is 0 Å². The summed E-state index contributed by atoms with van der Waals surface area (Å²) in [6.07, 6.45) is 1.17. The summed E-state index contributed by atoms with van der Waals surface area (Å²) in [6, 6.07) is 0. The van der Waals surface area contributed by atoms with E-state index in [0.717, 1.165) is 18.8 Å². The quantitative estimate of drug-likeness (QED) is 0.824. The van der Waals surface area contributed by atoms with Gasteiger partial charge in [0.15, 0.2) is 5.96 Å². The maximum absolute atomic E-state index is 6.02. The van der Waals surface area contributed by atoms with Crippen molar-refractivity contribution < 1.29 is 4.74 Å². The fraction of sp³-hybridized carbons (Fsp3) is 0.917. The van der Waals surface area contributed by atoms with E-state index in [2.05, 4.69) is 23.7 Å². The SMILES string of the molecule is COCCN1C(N)=NCC12CSCC(C)(C)C2. The predicted molar refractivity (Wildman–Crippen MR) is 73.5 cm³/mol. The lowest BCUT2D eigenvalue weighted by Crippen LogP contribution is -2.58. The maximum atomic E-state index is 6.02. The van der Waals surface area contributed by atoms with Crippen molar-refractivity contribution in [1.82, 2.24) is 4.90 Å². The van der Waals surface area contributed by atoms with E-state index < -0.39 is 0 Å². The molecule has 1 fully saturated rings. The van der Waals surface area contributed by atoms with Gasteiger partial charge in [0.1, 0.15) is 0 Å². The van der Waals surface area contributed by atoms with E-state index in [1.165, 1.54) is 12.2 Å². The molecule has 0 aliphatic carbocycles. The smallest absolute Gasteiger partial charge is 0.191 e. The molecule has 1 spiro atoms. The zero-order chi connectivity index (χ0) is 12.5. The van der Waals surface area contributed by atoms with Crippen LogP contribution in [0, 0.1) is 5.41 Å². The zero-order valence-electron chi connectivity index (χ0n) is 11.0. The predicted octanol–water partition coefficient (Wildman–Crippen LogP) is 1.16. The fourth-order valence-electron chi connectivity index (χ4n) is 2.96. The molecule has 0 aromatic heterocycles. The molecular formula is C12H23N3OS. The van der Waals surface area contributed by atoms with Crippen LogP contribution in [0.4, 0.5) is 0 Å². The lowest BCUT2D eigenvalue weighted by Gasteiger charge is -2.47. The van der Waals surface area contributed by atoms with Crippen LogP contribution in [0.3, 0.4) is 0 Å². The Hall–Kier alpha value is -0.420. The summed E-state index contributed by atoms with van der Waals surface area (Å²) in [7, 11) is 1.73. The van der Waals surface area contributed by atoms with Crippen molar-refractivity contribution in [3.63, 3.8) is 0 Å². The molecule has 2 heterocycles. The number of rotatable bonds is 3. The Morgan fingerprint density at radius 3 is 2.88 bits per heavy atom. The highest BCUT2D eigenvalue weighted by Crippen LogP contribution is 2.43. The minimum Gasteiger partial charge on any atom is -0.383 e. The number of nitrogens with zero attached hydrogens (tertiary/aromatic N) is 2. The molecule has 1 unspecified atom stereocenters. The second kappa shape index (κ2) is 4.69. The van der Waals surface area contributed by atoms with Crippen molar-refractivity contribution in [2.45, 2.75) is 25.8 Å². The van der Waals surface area contributed by atoms with Crippen LogP contribution >= 0.6 is 11.8 Å². The second-order valence-electron chi connectivity index (χ2n) is 5.88. The Morgan fingerprint density at radius 2 is 2.24 bits per heavy atom. The molecule has 0 aromatic carbocycles. The Kier molecular flexibility index (Phi) is 3.59. The lowest BCUT2D eigenvalue weighted by molar-refractivity contribution is 0.108. The lowest BCUT2D eigenvalue weighted by atomic mass is 9.79. The fourth-order valence-corrected chi connectivity index (χ4v) is 4.45. The number of ether oxygens (including phenoxy) is 1. The summed E-state index contributed by atoms with van der Waals surface area (Å²) in [4.78, 5) is 6.73. The first-order valence-electron chi connectivity index (χ1n) is 6.13. The monoisotopic (exact) mass is 257 g/mol. The van der Waals surface area contributed by atoms with E-state index in [1.807, 2.05) is 11.8 Å². The van der Waals surface area contributed by atoms with Crippen molar-refractivity contribution in [2.24, 2.45) is 16.1 Å². The van der Waals surface area contributed by atoms with Crippen molar-refractivity contribution in [3.8, 4) is 0 Å². The third kappa shape index (κ3) is 2.55. The minimum absolute atomic E-state index is 0.134. The van der Waals surface area contributed by atoms with Crippen molar-refractivity contribution >= 4 is 17.7 Å². The van der Waals surface area contributed by atoms with Gasteiger partial charge in [-0.2, -0.15) is 11.8 Å². The molecule has 2 aliphatic rings. The molecule has 98 valence electrons. The number of thioether (sulfide) groups is 1. The molecule has 1 atom stereocenters. The van der Waals surface area contributed by atoms with Gasteiger partial charge in [-0.25, -0.2) is 0 Å². The van der Waals surface area contributed by atoms with Crippen LogP contribution in [0.5, 0.6) is 0 Å². The van der Waals surface area contributed by atoms with E-state index >= 15 is 0 Å². The number of nitrogens with two attached hydrogens (primary N) is 1. The largest absolute Gasteiger partial charge is 0.383 e. The van der Waals surface area contributed by atoms with Gasteiger partial charge in [-0.15, -0.1) is 0 Å². The van der Waals surface area contributed by atoms with E-state index in [-0.39, 0.29) is 5.54 Å². The average Bonchev–Trinajstić information content (AvgIpc) is 2.52. The molecular weight excluding hydrogens is 234 g/mol. The van der Waals surface area contributed by atoms with E-state index in [0.29, 0.717) is 18.0 Å². The van der Waals surface area contributed by atoms with Crippen LogP contribution in [-0.4, -0.2) is 54.7 Å². The topological polar surface area (TPSA) is 50.9 Å². The number of methoxy groups -OCH3 is 1. The molecule has 0 aromatic rings. The van der Waals surface area contributed by atoms with Gasteiger partial charge < -0.3 is 15.4 Å². The summed E-state index contributed by atoms with van der Waals surface area (Å²) in [5.41, 5.74) is 6.53. The van der Waals surface area contributed by atoms with Crippen LogP contribution in [-0.2, 0) is 4.74 Å². The first-order valence-corrected chi connectivity index (χ1v) is 7.29. The molecule has 2 N–H and O–H groups in total. The third-order valence-electron chi connectivity index (χ3n) is 3.57. The second-order valence-corrected chi connectivity index (χ2v) is 6.86. The molecule has 0 radical (unpaired) electrons. The third-order valence-corrected chi connectivity index (χ3v) is 5.30.